The summed E-state index contributed by atoms with van der Waals surface area (Å²) in [6, 6.07) is 9.70. The van der Waals surface area contributed by atoms with Gasteiger partial charge in [-0.15, -0.1) is 0 Å². The molecular weight excluding hydrogens is 304 g/mol. The van der Waals surface area contributed by atoms with Gasteiger partial charge in [0.05, 0.1) is 12.3 Å². The molecule has 0 aliphatic carbocycles. The minimum atomic E-state index is -0.386. The largest absolute Gasteiger partial charge is 0.461 e. The molecule has 6 nitrogen and oxygen atoms in total. The molecule has 0 atom stereocenters. The minimum absolute atomic E-state index is 0.356. The maximum absolute atomic E-state index is 12.1. The van der Waals surface area contributed by atoms with Gasteiger partial charge in [-0.25, -0.2) is 9.78 Å². The predicted octanol–water partition coefficient (Wildman–Crippen LogP) is 3.14. The molecule has 0 saturated carbocycles. The third kappa shape index (κ3) is 3.71. The third-order valence-corrected chi connectivity index (χ3v) is 3.85. The number of aromatic nitrogens is 4. The Labute approximate surface area is 140 Å². The molecule has 0 radical (unpaired) electrons. The number of benzene rings is 1. The summed E-state index contributed by atoms with van der Waals surface area (Å²) in [4.78, 5) is 16.2. The van der Waals surface area contributed by atoms with Crippen molar-refractivity contribution in [2.75, 3.05) is 6.61 Å². The average Bonchev–Trinajstić information content (AvgIpc) is 3.22. The van der Waals surface area contributed by atoms with E-state index in [1.807, 2.05) is 48.9 Å². The van der Waals surface area contributed by atoms with E-state index in [4.69, 9.17) is 4.74 Å². The molecular formula is C18H20N4O2. The van der Waals surface area contributed by atoms with E-state index in [1.165, 1.54) is 5.56 Å². The van der Waals surface area contributed by atoms with E-state index in [2.05, 4.69) is 15.2 Å². The minimum Gasteiger partial charge on any atom is -0.461 e. The number of carbonyl (C=O) groups is 1. The molecule has 0 aliphatic rings. The highest BCUT2D eigenvalue weighted by Crippen LogP contribution is 2.18. The van der Waals surface area contributed by atoms with Gasteiger partial charge in [0.2, 0.25) is 0 Å². The second kappa shape index (κ2) is 7.12. The van der Waals surface area contributed by atoms with Gasteiger partial charge >= 0.3 is 5.97 Å². The fourth-order valence-electron chi connectivity index (χ4n) is 2.42. The first-order valence-corrected chi connectivity index (χ1v) is 7.91. The van der Waals surface area contributed by atoms with Gasteiger partial charge < -0.3 is 9.30 Å². The van der Waals surface area contributed by atoms with Crippen LogP contribution in [0.5, 0.6) is 0 Å². The normalized spacial score (nSPS) is 10.8. The second-order valence-corrected chi connectivity index (χ2v) is 5.69. The molecule has 0 bridgehead atoms. The molecule has 1 N–H and O–H groups in total. The Morgan fingerprint density at radius 2 is 2.04 bits per heavy atom. The lowest BCUT2D eigenvalue weighted by atomic mass is 10.1. The summed E-state index contributed by atoms with van der Waals surface area (Å²) < 4.78 is 7.32. The summed E-state index contributed by atoms with van der Waals surface area (Å²) in [6.07, 6.45) is 4.42. The number of ether oxygens (including phenoxy) is 1. The lowest BCUT2D eigenvalue weighted by Gasteiger charge is -2.05. The third-order valence-electron chi connectivity index (χ3n) is 3.85. The number of H-pyrrole nitrogens is 1. The predicted molar refractivity (Wildman–Crippen MR) is 90.6 cm³/mol. The Hall–Kier alpha value is -2.89. The summed E-state index contributed by atoms with van der Waals surface area (Å²) in [5, 5.41) is 6.92. The number of aryl methyl sites for hydroxylation is 3. The van der Waals surface area contributed by atoms with Crippen molar-refractivity contribution in [1.29, 1.82) is 0 Å². The van der Waals surface area contributed by atoms with E-state index in [9.17, 15) is 4.79 Å². The van der Waals surface area contributed by atoms with Gasteiger partial charge in [0, 0.05) is 24.5 Å². The molecule has 124 valence electrons. The van der Waals surface area contributed by atoms with E-state index in [0.29, 0.717) is 12.3 Å². The molecule has 1 aromatic carbocycles. The van der Waals surface area contributed by atoms with Crippen molar-refractivity contribution in [2.45, 2.75) is 26.8 Å². The average molecular weight is 324 g/mol. The molecule has 0 spiro atoms. The first kappa shape index (κ1) is 16.0. The quantitative estimate of drug-likeness (QED) is 0.558. The van der Waals surface area contributed by atoms with Crippen LogP contribution in [0.2, 0.25) is 0 Å². The number of hydrogen-bond acceptors (Lipinski definition) is 4. The fourth-order valence-corrected chi connectivity index (χ4v) is 2.42. The van der Waals surface area contributed by atoms with Crippen LogP contribution >= 0.6 is 0 Å². The molecule has 24 heavy (non-hydrogen) atoms. The molecule has 0 unspecified atom stereocenters. The summed E-state index contributed by atoms with van der Waals surface area (Å²) in [5.74, 6) is 0.570. The van der Waals surface area contributed by atoms with Gasteiger partial charge in [-0.3, -0.25) is 5.10 Å². The van der Waals surface area contributed by atoms with Gasteiger partial charge in [0.15, 0.2) is 0 Å². The topological polar surface area (TPSA) is 72.8 Å². The van der Waals surface area contributed by atoms with Crippen molar-refractivity contribution in [3.05, 3.63) is 59.8 Å². The van der Waals surface area contributed by atoms with Crippen molar-refractivity contribution in [2.24, 2.45) is 0 Å². The lowest BCUT2D eigenvalue weighted by molar-refractivity contribution is 0.0489. The van der Waals surface area contributed by atoms with E-state index in [0.717, 1.165) is 30.0 Å². The maximum Gasteiger partial charge on any atom is 0.356 e. The SMILES string of the molecule is Cc1ccc(-c2cc(C(=O)OCCCn3ccnc3C)[nH]n2)cc1. The number of nitrogens with one attached hydrogen (secondary N) is 1. The van der Waals surface area contributed by atoms with Crippen LogP contribution in [-0.4, -0.2) is 32.3 Å². The second-order valence-electron chi connectivity index (χ2n) is 5.69. The Kier molecular flexibility index (Phi) is 4.74. The highest BCUT2D eigenvalue weighted by atomic mass is 16.5. The van der Waals surface area contributed by atoms with E-state index in [1.54, 1.807) is 12.3 Å². The first-order valence-electron chi connectivity index (χ1n) is 7.91. The molecule has 6 heteroatoms. The van der Waals surface area contributed by atoms with E-state index < -0.39 is 0 Å². The van der Waals surface area contributed by atoms with Crippen LogP contribution in [-0.2, 0) is 11.3 Å². The zero-order valence-corrected chi connectivity index (χ0v) is 13.8. The van der Waals surface area contributed by atoms with Gasteiger partial charge in [-0.2, -0.15) is 5.10 Å². The zero-order valence-electron chi connectivity index (χ0n) is 13.8. The van der Waals surface area contributed by atoms with E-state index in [-0.39, 0.29) is 5.97 Å². The van der Waals surface area contributed by atoms with Crippen LogP contribution in [0.3, 0.4) is 0 Å². The van der Waals surface area contributed by atoms with Crippen molar-refractivity contribution >= 4 is 5.97 Å². The van der Waals surface area contributed by atoms with Gasteiger partial charge in [-0.1, -0.05) is 29.8 Å². The van der Waals surface area contributed by atoms with Gasteiger partial charge in [0.25, 0.3) is 0 Å². The van der Waals surface area contributed by atoms with Crippen molar-refractivity contribution < 1.29 is 9.53 Å². The lowest BCUT2D eigenvalue weighted by Crippen LogP contribution is -2.09. The molecule has 0 aliphatic heterocycles. The summed E-state index contributed by atoms with van der Waals surface area (Å²) in [6.45, 7) is 5.11. The molecule has 0 fully saturated rings. The summed E-state index contributed by atoms with van der Waals surface area (Å²) in [5.41, 5.74) is 3.24. The van der Waals surface area contributed by atoms with Gasteiger partial charge in [0.1, 0.15) is 11.5 Å². The van der Waals surface area contributed by atoms with Crippen LogP contribution in [0, 0.1) is 13.8 Å². The molecule has 2 aromatic heterocycles. The highest BCUT2D eigenvalue weighted by Gasteiger charge is 2.12. The molecule has 2 heterocycles. The number of carbonyl (C=O) groups excluding carboxylic acids is 1. The molecule has 3 aromatic rings. The Balaban J connectivity index is 1.52. The standard InChI is InChI=1S/C18H20N4O2/c1-13-4-6-15(7-5-13)16-12-17(21-20-16)18(23)24-11-3-9-22-10-8-19-14(22)2/h4-8,10,12H,3,9,11H2,1-2H3,(H,20,21). The van der Waals surface area contributed by atoms with Gasteiger partial charge in [-0.05, 0) is 26.3 Å². The highest BCUT2D eigenvalue weighted by molar-refractivity contribution is 5.88. The van der Waals surface area contributed by atoms with Crippen molar-refractivity contribution in [3.8, 4) is 11.3 Å². The van der Waals surface area contributed by atoms with Crippen LogP contribution in [0.25, 0.3) is 11.3 Å². The maximum atomic E-state index is 12.1. The molecule has 3 rings (SSSR count). The molecule has 0 amide bonds. The number of rotatable bonds is 6. The number of hydrogen-bond donors (Lipinski definition) is 1. The van der Waals surface area contributed by atoms with Crippen LogP contribution in [0.4, 0.5) is 0 Å². The van der Waals surface area contributed by atoms with E-state index >= 15 is 0 Å². The van der Waals surface area contributed by atoms with Crippen molar-refractivity contribution in [1.82, 2.24) is 19.7 Å². The smallest absolute Gasteiger partial charge is 0.356 e. The monoisotopic (exact) mass is 324 g/mol. The Bertz CT molecular complexity index is 818. The van der Waals surface area contributed by atoms with Crippen molar-refractivity contribution in [3.63, 3.8) is 0 Å². The molecule has 0 saturated heterocycles. The van der Waals surface area contributed by atoms with Crippen LogP contribution < -0.4 is 0 Å². The number of imidazole rings is 1. The Morgan fingerprint density at radius 1 is 1.25 bits per heavy atom. The van der Waals surface area contributed by atoms with Crippen LogP contribution in [0.1, 0.15) is 28.3 Å². The number of esters is 1. The number of aromatic amines is 1. The van der Waals surface area contributed by atoms with Crippen LogP contribution in [0.15, 0.2) is 42.7 Å². The summed E-state index contributed by atoms with van der Waals surface area (Å²) in [7, 11) is 0. The zero-order chi connectivity index (χ0) is 16.9. The summed E-state index contributed by atoms with van der Waals surface area (Å²) >= 11 is 0. The number of nitrogens with zero attached hydrogens (tertiary/aromatic N) is 3. The Morgan fingerprint density at radius 3 is 2.75 bits per heavy atom. The first-order chi connectivity index (χ1) is 11.6. The fraction of sp³-hybridized carbons (Fsp3) is 0.278.